The van der Waals surface area contributed by atoms with Gasteiger partial charge in [-0.25, -0.2) is 13.1 Å². The summed E-state index contributed by atoms with van der Waals surface area (Å²) < 4.78 is 26.0. The second-order valence-corrected chi connectivity index (χ2v) is 14.0. The van der Waals surface area contributed by atoms with Gasteiger partial charge in [0.25, 0.3) is 5.91 Å². The zero-order valence-electron chi connectivity index (χ0n) is 23.6. The fraction of sp³-hybridized carbons (Fsp3) is 0.219. The smallest absolute Gasteiger partial charge is 0.274 e. The number of para-hydroxylation sites is 1. The third-order valence-corrected chi connectivity index (χ3v) is 10.1. The molecule has 4 heterocycles. The van der Waals surface area contributed by atoms with E-state index in [4.69, 9.17) is 16.7 Å². The van der Waals surface area contributed by atoms with Gasteiger partial charge < -0.3 is 4.90 Å². The molecule has 6 rings (SSSR count). The minimum absolute atomic E-state index is 0.117. The van der Waals surface area contributed by atoms with E-state index < -0.39 is 9.84 Å². The Kier molecular flexibility index (Phi) is 8.45. The minimum atomic E-state index is -3.33. The molecular formula is C32H30ClN5O3S2. The Balaban J connectivity index is 1.25. The molecule has 43 heavy (non-hydrogen) atoms. The van der Waals surface area contributed by atoms with Crippen molar-refractivity contribution in [1.29, 1.82) is 0 Å². The highest BCUT2D eigenvalue weighted by Crippen LogP contribution is 2.37. The lowest BCUT2D eigenvalue weighted by molar-refractivity contribution is 0.0632. The van der Waals surface area contributed by atoms with Crippen LogP contribution in [-0.2, 0) is 16.3 Å². The van der Waals surface area contributed by atoms with Gasteiger partial charge in [0, 0.05) is 62.2 Å². The first-order chi connectivity index (χ1) is 20.8. The molecule has 5 aromatic rings. The number of aromatic nitrogens is 3. The summed E-state index contributed by atoms with van der Waals surface area (Å²) in [5, 5.41) is 5.28. The van der Waals surface area contributed by atoms with Crippen molar-refractivity contribution in [3.8, 4) is 26.7 Å². The molecule has 0 bridgehead atoms. The van der Waals surface area contributed by atoms with Gasteiger partial charge in [-0.15, -0.1) is 11.3 Å². The number of hydrogen-bond acceptors (Lipinski definition) is 7. The van der Waals surface area contributed by atoms with Crippen molar-refractivity contribution >= 4 is 38.7 Å². The quantitative estimate of drug-likeness (QED) is 0.218. The van der Waals surface area contributed by atoms with E-state index in [1.807, 2.05) is 71.8 Å². The predicted octanol–water partition coefficient (Wildman–Crippen LogP) is 5.72. The Labute approximate surface area is 260 Å². The van der Waals surface area contributed by atoms with Crippen LogP contribution in [0.3, 0.4) is 0 Å². The molecule has 2 aromatic carbocycles. The monoisotopic (exact) mass is 631 g/mol. The standard InChI is InChI=1S/C32H30ClN5O3S2/c1-43(40,41)25-9-6-7-23(21-25)30-12-13-31(42-30)29-22-27(35-38(29)28-11-3-2-10-26(28)33)32(39)37-19-17-36(18-20-37)16-14-24-8-4-5-15-34-24/h2-13,15,21-22H,14,16-20H2,1H3. The Morgan fingerprint density at radius 1 is 0.907 bits per heavy atom. The lowest BCUT2D eigenvalue weighted by Crippen LogP contribution is -2.49. The number of amides is 1. The fourth-order valence-electron chi connectivity index (χ4n) is 5.13. The number of pyridine rings is 1. The van der Waals surface area contributed by atoms with E-state index in [0.29, 0.717) is 29.5 Å². The van der Waals surface area contributed by atoms with Crippen molar-refractivity contribution in [2.75, 3.05) is 39.0 Å². The number of carbonyl (C=O) groups is 1. The first kappa shape index (κ1) is 29.3. The topological polar surface area (TPSA) is 88.4 Å². The molecule has 0 saturated carbocycles. The van der Waals surface area contributed by atoms with Crippen molar-refractivity contribution in [2.24, 2.45) is 0 Å². The van der Waals surface area contributed by atoms with Gasteiger partial charge >= 0.3 is 0 Å². The molecule has 1 amide bonds. The van der Waals surface area contributed by atoms with Crippen molar-refractivity contribution in [3.05, 3.63) is 108 Å². The van der Waals surface area contributed by atoms with Crippen molar-refractivity contribution < 1.29 is 13.2 Å². The summed E-state index contributed by atoms with van der Waals surface area (Å²) >= 11 is 8.09. The number of thiophene rings is 1. The van der Waals surface area contributed by atoms with Gasteiger partial charge in [0.05, 0.1) is 26.2 Å². The van der Waals surface area contributed by atoms with Crippen LogP contribution in [0, 0.1) is 0 Å². The van der Waals surface area contributed by atoms with Crippen molar-refractivity contribution in [2.45, 2.75) is 11.3 Å². The second-order valence-electron chi connectivity index (χ2n) is 10.4. The maximum atomic E-state index is 13.7. The molecule has 0 radical (unpaired) electrons. The maximum Gasteiger partial charge on any atom is 0.274 e. The highest BCUT2D eigenvalue weighted by molar-refractivity contribution is 7.90. The van der Waals surface area contributed by atoms with E-state index in [-0.39, 0.29) is 10.8 Å². The molecule has 11 heteroatoms. The summed E-state index contributed by atoms with van der Waals surface area (Å²) in [5.74, 6) is -0.117. The normalized spacial score (nSPS) is 14.2. The van der Waals surface area contributed by atoms with Crippen LogP contribution in [0.25, 0.3) is 26.7 Å². The van der Waals surface area contributed by atoms with Gasteiger partial charge in [0.15, 0.2) is 15.5 Å². The van der Waals surface area contributed by atoms with Crippen LogP contribution in [-0.4, -0.2) is 77.9 Å². The Morgan fingerprint density at radius 3 is 2.42 bits per heavy atom. The molecule has 0 N–H and O–H groups in total. The molecule has 3 aromatic heterocycles. The molecule has 0 atom stereocenters. The molecule has 1 saturated heterocycles. The lowest BCUT2D eigenvalue weighted by atomic mass is 10.2. The zero-order valence-corrected chi connectivity index (χ0v) is 25.9. The Morgan fingerprint density at radius 2 is 1.67 bits per heavy atom. The van der Waals surface area contributed by atoms with Crippen LogP contribution in [0.2, 0.25) is 5.02 Å². The maximum absolute atomic E-state index is 13.7. The number of halogens is 1. The third-order valence-electron chi connectivity index (χ3n) is 7.48. The van der Waals surface area contributed by atoms with E-state index >= 15 is 0 Å². The summed E-state index contributed by atoms with van der Waals surface area (Å²) in [6, 6.07) is 26.0. The molecule has 1 aliphatic rings. The van der Waals surface area contributed by atoms with Gasteiger partial charge in [0.2, 0.25) is 0 Å². The SMILES string of the molecule is CS(=O)(=O)c1cccc(-c2ccc(-c3cc(C(=O)N4CCN(CCc5ccccn5)CC4)nn3-c3ccccc3Cl)s2)c1. The van der Waals surface area contributed by atoms with Crippen LogP contribution in [0.1, 0.15) is 16.2 Å². The first-order valence-electron chi connectivity index (χ1n) is 13.9. The van der Waals surface area contributed by atoms with Crippen molar-refractivity contribution in [3.63, 3.8) is 0 Å². The zero-order chi connectivity index (χ0) is 30.0. The number of sulfone groups is 1. The number of rotatable bonds is 8. The predicted molar refractivity (Wildman–Crippen MR) is 171 cm³/mol. The number of nitrogens with zero attached hydrogens (tertiary/aromatic N) is 5. The number of benzene rings is 2. The summed E-state index contributed by atoms with van der Waals surface area (Å²) in [5.41, 5.74) is 3.64. The minimum Gasteiger partial charge on any atom is -0.335 e. The van der Waals surface area contributed by atoms with Gasteiger partial charge in [-0.1, -0.05) is 41.9 Å². The van der Waals surface area contributed by atoms with Gasteiger partial charge in [-0.2, -0.15) is 5.10 Å². The second kappa shape index (κ2) is 12.4. The average Bonchev–Trinajstić information content (AvgIpc) is 3.69. The molecule has 1 aliphatic heterocycles. The summed E-state index contributed by atoms with van der Waals surface area (Å²) in [6.45, 7) is 3.72. The molecule has 0 spiro atoms. The van der Waals surface area contributed by atoms with E-state index in [2.05, 4.69) is 9.88 Å². The van der Waals surface area contributed by atoms with E-state index in [9.17, 15) is 13.2 Å². The van der Waals surface area contributed by atoms with Crippen molar-refractivity contribution in [1.82, 2.24) is 24.6 Å². The van der Waals surface area contributed by atoms with Gasteiger partial charge in [-0.05, 0) is 60.2 Å². The molecule has 220 valence electrons. The van der Waals surface area contributed by atoms with Gasteiger partial charge in [0.1, 0.15) is 0 Å². The highest BCUT2D eigenvalue weighted by Gasteiger charge is 2.26. The molecule has 1 fully saturated rings. The number of hydrogen-bond donors (Lipinski definition) is 0. The lowest BCUT2D eigenvalue weighted by Gasteiger charge is -2.34. The average molecular weight is 632 g/mol. The van der Waals surface area contributed by atoms with Crippen LogP contribution >= 0.6 is 22.9 Å². The third kappa shape index (κ3) is 6.57. The van der Waals surface area contributed by atoms with Crippen LogP contribution < -0.4 is 0 Å². The molecule has 0 aliphatic carbocycles. The fourth-order valence-corrected chi connectivity index (χ4v) is 7.02. The summed E-state index contributed by atoms with van der Waals surface area (Å²) in [6.07, 6.45) is 3.89. The van der Waals surface area contributed by atoms with E-state index in [1.54, 1.807) is 28.9 Å². The molecule has 0 unspecified atom stereocenters. The van der Waals surface area contributed by atoms with Crippen LogP contribution in [0.5, 0.6) is 0 Å². The van der Waals surface area contributed by atoms with E-state index in [0.717, 1.165) is 52.8 Å². The van der Waals surface area contributed by atoms with Crippen LogP contribution in [0.4, 0.5) is 0 Å². The Bertz CT molecular complexity index is 1860. The summed E-state index contributed by atoms with van der Waals surface area (Å²) in [4.78, 5) is 24.4. The molecule has 8 nitrogen and oxygen atoms in total. The summed E-state index contributed by atoms with van der Waals surface area (Å²) in [7, 11) is -3.33. The van der Waals surface area contributed by atoms with Crippen LogP contribution in [0.15, 0.2) is 96.0 Å². The number of carbonyl (C=O) groups excluding carboxylic acids is 1. The Hall–Kier alpha value is -3.83. The highest BCUT2D eigenvalue weighted by atomic mass is 35.5. The largest absolute Gasteiger partial charge is 0.335 e. The van der Waals surface area contributed by atoms with E-state index in [1.165, 1.54) is 17.6 Å². The number of piperazine rings is 1. The molecular weight excluding hydrogens is 602 g/mol. The first-order valence-corrected chi connectivity index (χ1v) is 17.0. The van der Waals surface area contributed by atoms with Gasteiger partial charge in [-0.3, -0.25) is 14.7 Å².